The molecule has 3 saturated heterocycles. The Labute approximate surface area is 254 Å². The van der Waals surface area contributed by atoms with Crippen molar-refractivity contribution in [2.24, 2.45) is 22.7 Å². The summed E-state index contributed by atoms with van der Waals surface area (Å²) in [6.45, 7) is 3.01. The van der Waals surface area contributed by atoms with E-state index < -0.39 is 108 Å². The van der Waals surface area contributed by atoms with Gasteiger partial charge in [-0.15, -0.1) is 0 Å². The minimum atomic E-state index is -2.19. The minimum Gasteiger partial charge on any atom is -0.466 e. The van der Waals surface area contributed by atoms with Gasteiger partial charge in [0.05, 0.1) is 25.7 Å². The molecular weight excluding hydrogens is 588 g/mol. The molecule has 6 N–H and O–H groups in total. The predicted molar refractivity (Wildman–Crippen MR) is 144 cm³/mol. The van der Waals surface area contributed by atoms with Crippen molar-refractivity contribution >= 4 is 11.9 Å². The Morgan fingerprint density at radius 3 is 2.34 bits per heavy atom. The molecule has 44 heavy (non-hydrogen) atoms. The van der Waals surface area contributed by atoms with Gasteiger partial charge in [0.1, 0.15) is 36.6 Å². The van der Waals surface area contributed by atoms with Crippen molar-refractivity contribution in [1.29, 1.82) is 0 Å². The number of methoxy groups -OCH3 is 3. The predicted octanol–water partition coefficient (Wildman–Crippen LogP) is -1.90. The summed E-state index contributed by atoms with van der Waals surface area (Å²) in [6, 6.07) is 0. The number of cyclic esters (lactones) is 1. The molecule has 4 fully saturated rings. The summed E-state index contributed by atoms with van der Waals surface area (Å²) in [4.78, 5) is 27.1. The molecule has 15 atom stereocenters. The van der Waals surface area contributed by atoms with Gasteiger partial charge in [-0.05, 0) is 37.0 Å². The number of carbonyl (C=O) groups is 2. The number of esters is 2. The van der Waals surface area contributed by atoms with Crippen LogP contribution in [0.15, 0.2) is 11.6 Å². The Bertz CT molecular complexity index is 1130. The maximum absolute atomic E-state index is 13.9. The summed E-state index contributed by atoms with van der Waals surface area (Å²) in [5, 5.41) is 64.0. The number of aliphatic hydroxyl groups is 6. The number of ether oxygens (including phenoxy) is 7. The molecular formula is C29H44O15. The molecule has 15 heteroatoms. The molecule has 0 unspecified atom stereocenters. The minimum absolute atomic E-state index is 0.0235. The van der Waals surface area contributed by atoms with Crippen molar-refractivity contribution in [3.8, 4) is 0 Å². The van der Waals surface area contributed by atoms with Crippen LogP contribution in [0.25, 0.3) is 0 Å². The summed E-state index contributed by atoms with van der Waals surface area (Å²) in [6.07, 6.45) is -11.5. The van der Waals surface area contributed by atoms with Crippen LogP contribution in [0.3, 0.4) is 0 Å². The van der Waals surface area contributed by atoms with E-state index in [0.29, 0.717) is 12.8 Å². The van der Waals surface area contributed by atoms with Gasteiger partial charge in [-0.25, -0.2) is 4.79 Å². The third-order valence-electron chi connectivity index (χ3n) is 10.9. The van der Waals surface area contributed by atoms with Crippen molar-refractivity contribution < 1.29 is 73.4 Å². The highest BCUT2D eigenvalue weighted by atomic mass is 16.8. The Balaban J connectivity index is 1.54. The highest BCUT2D eigenvalue weighted by Gasteiger charge is 2.70. The molecule has 2 aliphatic carbocycles. The third kappa shape index (κ3) is 4.83. The zero-order chi connectivity index (χ0) is 32.4. The fourth-order valence-corrected chi connectivity index (χ4v) is 8.44. The van der Waals surface area contributed by atoms with E-state index >= 15 is 0 Å². The van der Waals surface area contributed by atoms with Crippen LogP contribution in [0, 0.1) is 22.7 Å². The molecule has 0 spiro atoms. The molecule has 5 aliphatic rings. The van der Waals surface area contributed by atoms with E-state index in [4.69, 9.17) is 33.2 Å². The molecule has 0 aromatic heterocycles. The second-order valence-electron chi connectivity index (χ2n) is 12.9. The van der Waals surface area contributed by atoms with Gasteiger partial charge in [0, 0.05) is 25.2 Å². The lowest BCUT2D eigenvalue weighted by molar-refractivity contribution is -0.330. The number of fused-ring (bicyclic) bond motifs is 3. The van der Waals surface area contributed by atoms with Crippen LogP contribution in [0.2, 0.25) is 0 Å². The number of allylic oxidation sites excluding steroid dienone is 1. The van der Waals surface area contributed by atoms with Gasteiger partial charge in [0.2, 0.25) is 0 Å². The largest absolute Gasteiger partial charge is 0.466 e. The fraction of sp³-hybridized carbons (Fsp3) is 0.862. The first-order valence-corrected chi connectivity index (χ1v) is 14.8. The van der Waals surface area contributed by atoms with E-state index in [9.17, 15) is 40.2 Å². The molecule has 0 aromatic rings. The van der Waals surface area contributed by atoms with Gasteiger partial charge < -0.3 is 63.8 Å². The van der Waals surface area contributed by atoms with E-state index in [1.807, 2.05) is 6.92 Å². The highest BCUT2D eigenvalue weighted by Crippen LogP contribution is 2.65. The van der Waals surface area contributed by atoms with E-state index in [-0.39, 0.29) is 18.4 Å². The summed E-state index contributed by atoms with van der Waals surface area (Å²) >= 11 is 0. The third-order valence-corrected chi connectivity index (χ3v) is 10.9. The van der Waals surface area contributed by atoms with Crippen molar-refractivity contribution in [1.82, 2.24) is 0 Å². The van der Waals surface area contributed by atoms with E-state index in [1.54, 1.807) is 13.0 Å². The number of hydrogen-bond acceptors (Lipinski definition) is 15. The zero-order valence-electron chi connectivity index (χ0n) is 25.4. The van der Waals surface area contributed by atoms with Gasteiger partial charge in [-0.1, -0.05) is 19.9 Å². The Kier molecular flexibility index (Phi) is 9.25. The van der Waals surface area contributed by atoms with E-state index in [0.717, 1.165) is 0 Å². The highest BCUT2D eigenvalue weighted by molar-refractivity contribution is 5.90. The summed E-state index contributed by atoms with van der Waals surface area (Å²) in [5.74, 6) is -2.60. The quantitative estimate of drug-likeness (QED) is 0.169. The SMILES string of the molecule is COC(=O)C1=CCC[C@H]2[C@]3(C)C[C@@H]([C@@]4(O)[C@@H](OC)O[C@@H](OC)[C@H]4O)OC(=O)[C@@H]3C[C@H](O[C@@H]3O[C@H](CO)[C@@H](O)[C@H](O)[C@H]3O)[C@@]12C. The zero-order valence-corrected chi connectivity index (χ0v) is 25.4. The Hall–Kier alpha value is -1.76. The van der Waals surface area contributed by atoms with Crippen LogP contribution < -0.4 is 0 Å². The average molecular weight is 633 g/mol. The van der Waals surface area contributed by atoms with Gasteiger partial charge in [-0.3, -0.25) is 4.79 Å². The number of aliphatic hydroxyl groups excluding tert-OH is 5. The van der Waals surface area contributed by atoms with Gasteiger partial charge >= 0.3 is 11.9 Å². The van der Waals surface area contributed by atoms with Crippen LogP contribution in [-0.2, 0) is 42.7 Å². The van der Waals surface area contributed by atoms with Crippen molar-refractivity contribution in [3.63, 3.8) is 0 Å². The topological polar surface area (TPSA) is 220 Å². The summed E-state index contributed by atoms with van der Waals surface area (Å²) < 4.78 is 39.0. The molecule has 0 aromatic carbocycles. The monoisotopic (exact) mass is 632 g/mol. The Morgan fingerprint density at radius 1 is 1.02 bits per heavy atom. The normalized spacial score (nSPS) is 50.7. The van der Waals surface area contributed by atoms with Crippen molar-refractivity contribution in [2.75, 3.05) is 27.9 Å². The maximum atomic E-state index is 13.9. The summed E-state index contributed by atoms with van der Waals surface area (Å²) in [5.41, 5.74) is -3.98. The van der Waals surface area contributed by atoms with Gasteiger partial charge in [0.15, 0.2) is 24.5 Å². The van der Waals surface area contributed by atoms with Crippen molar-refractivity contribution in [3.05, 3.63) is 11.6 Å². The molecule has 3 aliphatic heterocycles. The first-order chi connectivity index (χ1) is 20.7. The maximum Gasteiger partial charge on any atom is 0.334 e. The molecule has 0 amide bonds. The standard InChI is InChI=1S/C29H44O15/c1-27-10-17(29(37)21(34)25(39-4)44-26(29)40-5)42-23(36)13(27)9-16(28(2)12(22(35)38-3)7-6-8-15(27)28)43-24-20(33)19(32)18(31)14(11-30)41-24/h7,13-21,24-26,30-34,37H,6,8-11H2,1-5H3/t13-,14+,15-,16-,17-,18+,19-,20+,21+,24-,25+,26-,27+,28-,29-/m0/s1. The average Bonchev–Trinajstić information content (AvgIpc) is 3.26. The molecule has 0 radical (unpaired) electrons. The smallest absolute Gasteiger partial charge is 0.334 e. The molecule has 15 nitrogen and oxygen atoms in total. The Morgan fingerprint density at radius 2 is 1.73 bits per heavy atom. The van der Waals surface area contributed by atoms with Gasteiger partial charge in [0.25, 0.3) is 0 Å². The van der Waals surface area contributed by atoms with Crippen LogP contribution in [0.4, 0.5) is 0 Å². The second-order valence-corrected chi connectivity index (χ2v) is 12.9. The van der Waals surface area contributed by atoms with Gasteiger partial charge in [-0.2, -0.15) is 0 Å². The lowest BCUT2D eigenvalue weighted by Gasteiger charge is -2.63. The molecule has 1 saturated carbocycles. The fourth-order valence-electron chi connectivity index (χ4n) is 8.44. The summed E-state index contributed by atoms with van der Waals surface area (Å²) in [7, 11) is 3.82. The number of hydrogen-bond donors (Lipinski definition) is 6. The van der Waals surface area contributed by atoms with Crippen LogP contribution in [-0.4, -0.2) is 138 Å². The number of carbonyl (C=O) groups excluding carboxylic acids is 2. The van der Waals surface area contributed by atoms with Crippen LogP contribution in [0.1, 0.15) is 39.5 Å². The van der Waals surface area contributed by atoms with Crippen LogP contribution in [0.5, 0.6) is 0 Å². The lowest BCUT2D eigenvalue weighted by atomic mass is 9.44. The van der Waals surface area contributed by atoms with E-state index in [2.05, 4.69) is 0 Å². The first-order valence-electron chi connectivity index (χ1n) is 14.8. The van der Waals surface area contributed by atoms with E-state index in [1.165, 1.54) is 21.3 Å². The van der Waals surface area contributed by atoms with Crippen LogP contribution >= 0.6 is 0 Å². The molecule has 3 heterocycles. The lowest BCUT2D eigenvalue weighted by Crippen LogP contribution is -2.68. The molecule has 250 valence electrons. The first kappa shape index (κ1) is 33.6. The molecule has 5 rings (SSSR count). The van der Waals surface area contributed by atoms with Crippen molar-refractivity contribution in [2.45, 2.75) is 107 Å². The number of rotatable bonds is 7. The molecule has 0 bridgehead atoms. The second kappa shape index (κ2) is 12.1.